The first kappa shape index (κ1) is 17.7. The van der Waals surface area contributed by atoms with Crippen LogP contribution in [0, 0.1) is 0 Å². The van der Waals surface area contributed by atoms with Gasteiger partial charge >= 0.3 is 0 Å². The fraction of sp³-hybridized carbons (Fsp3) is 0.200. The molecule has 26 heavy (non-hydrogen) atoms. The molecule has 0 saturated heterocycles. The molecule has 6 nitrogen and oxygen atoms in total. The number of amides is 2. The molecule has 0 aliphatic heterocycles. The zero-order chi connectivity index (χ0) is 18.5. The molecule has 134 valence electrons. The summed E-state index contributed by atoms with van der Waals surface area (Å²) in [4.78, 5) is 24.1. The third-order valence-corrected chi connectivity index (χ3v) is 4.14. The van der Waals surface area contributed by atoms with Crippen molar-refractivity contribution in [3.8, 4) is 5.75 Å². The molecule has 2 aromatic rings. The van der Waals surface area contributed by atoms with Crippen LogP contribution in [0.2, 0.25) is 0 Å². The summed E-state index contributed by atoms with van der Waals surface area (Å²) in [5, 5.41) is 11.7. The molecular weight excluding hydrogens is 332 g/mol. The number of nitrogens with one attached hydrogen (secondary N) is 2. The lowest BCUT2D eigenvalue weighted by Crippen LogP contribution is -2.26. The monoisotopic (exact) mass is 352 g/mol. The van der Waals surface area contributed by atoms with Crippen LogP contribution in [0.4, 0.5) is 0 Å². The van der Waals surface area contributed by atoms with E-state index in [0.717, 1.165) is 29.7 Å². The van der Waals surface area contributed by atoms with E-state index in [1.165, 1.54) is 0 Å². The quantitative estimate of drug-likeness (QED) is 0.323. The van der Waals surface area contributed by atoms with Crippen LogP contribution in [0.5, 0.6) is 5.75 Å². The molecule has 0 aromatic heterocycles. The average Bonchev–Trinajstić information content (AvgIpc) is 3.50. The van der Waals surface area contributed by atoms with Gasteiger partial charge in [0.1, 0.15) is 5.75 Å². The number of benzene rings is 2. The third kappa shape index (κ3) is 4.29. The Kier molecular flexibility index (Phi) is 5.34. The lowest BCUT2D eigenvalue weighted by Gasteiger charge is -2.10. The fourth-order valence-electron chi connectivity index (χ4n) is 2.50. The van der Waals surface area contributed by atoms with Crippen molar-refractivity contribution < 1.29 is 19.5 Å². The van der Waals surface area contributed by atoms with Crippen molar-refractivity contribution in [1.82, 2.24) is 10.8 Å². The van der Waals surface area contributed by atoms with Gasteiger partial charge in [-0.3, -0.25) is 14.8 Å². The van der Waals surface area contributed by atoms with Gasteiger partial charge in [0.05, 0.1) is 7.11 Å². The fourth-order valence-corrected chi connectivity index (χ4v) is 2.50. The minimum absolute atomic E-state index is 0.130. The maximum absolute atomic E-state index is 12.7. The summed E-state index contributed by atoms with van der Waals surface area (Å²) >= 11 is 0. The standard InChI is InChI=1S/C20H20N2O4/c1-26-17-10-6-14(7-11-17)18(20(24)21-16-8-9-16)12-13-2-4-15(5-3-13)19(23)22-25/h2-7,10-12,16,25H,8-9H2,1H3,(H,21,24)(H,22,23). The van der Waals surface area contributed by atoms with Gasteiger partial charge in [-0.2, -0.15) is 0 Å². The van der Waals surface area contributed by atoms with Gasteiger partial charge in [-0.15, -0.1) is 0 Å². The smallest absolute Gasteiger partial charge is 0.274 e. The number of carbonyl (C=O) groups is 2. The zero-order valence-corrected chi connectivity index (χ0v) is 14.4. The molecular formula is C20H20N2O4. The van der Waals surface area contributed by atoms with Crippen LogP contribution >= 0.6 is 0 Å². The lowest BCUT2D eigenvalue weighted by atomic mass is 10.0. The number of ether oxygens (including phenoxy) is 1. The Bertz CT molecular complexity index is 822. The first-order valence-electron chi connectivity index (χ1n) is 8.32. The van der Waals surface area contributed by atoms with Crippen molar-refractivity contribution in [1.29, 1.82) is 0 Å². The van der Waals surface area contributed by atoms with Gasteiger partial charge in [-0.1, -0.05) is 24.3 Å². The van der Waals surface area contributed by atoms with Gasteiger partial charge < -0.3 is 10.1 Å². The summed E-state index contributed by atoms with van der Waals surface area (Å²) in [6.07, 6.45) is 3.79. The van der Waals surface area contributed by atoms with Gasteiger partial charge in [0, 0.05) is 17.2 Å². The highest BCUT2D eigenvalue weighted by atomic mass is 16.5. The van der Waals surface area contributed by atoms with E-state index < -0.39 is 5.91 Å². The van der Waals surface area contributed by atoms with E-state index in [9.17, 15) is 9.59 Å². The average molecular weight is 352 g/mol. The Labute approximate surface area is 151 Å². The van der Waals surface area contributed by atoms with Crippen molar-refractivity contribution in [2.75, 3.05) is 7.11 Å². The first-order chi connectivity index (χ1) is 12.6. The molecule has 0 atom stereocenters. The van der Waals surface area contributed by atoms with Crippen molar-refractivity contribution in [3.63, 3.8) is 0 Å². The third-order valence-electron chi connectivity index (χ3n) is 4.14. The van der Waals surface area contributed by atoms with Crippen molar-refractivity contribution in [2.45, 2.75) is 18.9 Å². The molecule has 0 spiro atoms. The van der Waals surface area contributed by atoms with Gasteiger partial charge in [-0.25, -0.2) is 5.48 Å². The predicted octanol–water partition coefficient (Wildman–Crippen LogP) is 2.63. The molecule has 1 fully saturated rings. The minimum Gasteiger partial charge on any atom is -0.497 e. The second-order valence-electron chi connectivity index (χ2n) is 6.10. The number of methoxy groups -OCH3 is 1. The van der Waals surface area contributed by atoms with Crippen LogP contribution in [-0.4, -0.2) is 30.2 Å². The Hall–Kier alpha value is -3.12. The van der Waals surface area contributed by atoms with E-state index in [4.69, 9.17) is 9.94 Å². The van der Waals surface area contributed by atoms with E-state index in [-0.39, 0.29) is 11.9 Å². The molecule has 1 aliphatic rings. The maximum Gasteiger partial charge on any atom is 0.274 e. The molecule has 3 rings (SSSR count). The maximum atomic E-state index is 12.7. The zero-order valence-electron chi connectivity index (χ0n) is 14.4. The summed E-state index contributed by atoms with van der Waals surface area (Å²) in [5.74, 6) is 0.00676. The molecule has 2 amide bonds. The van der Waals surface area contributed by atoms with Crippen LogP contribution in [0.25, 0.3) is 11.6 Å². The number of rotatable bonds is 6. The highest BCUT2D eigenvalue weighted by Gasteiger charge is 2.25. The number of hydroxylamine groups is 1. The summed E-state index contributed by atoms with van der Waals surface area (Å²) in [7, 11) is 1.59. The Morgan fingerprint density at radius 2 is 1.65 bits per heavy atom. The molecule has 1 saturated carbocycles. The van der Waals surface area contributed by atoms with E-state index in [1.54, 1.807) is 42.9 Å². The van der Waals surface area contributed by atoms with Gasteiger partial charge in [0.2, 0.25) is 0 Å². The molecule has 2 aromatic carbocycles. The topological polar surface area (TPSA) is 87.7 Å². The summed E-state index contributed by atoms with van der Waals surface area (Å²) in [5.41, 5.74) is 4.02. The van der Waals surface area contributed by atoms with E-state index >= 15 is 0 Å². The first-order valence-corrected chi connectivity index (χ1v) is 8.32. The largest absolute Gasteiger partial charge is 0.497 e. The molecule has 0 radical (unpaired) electrons. The summed E-state index contributed by atoms with van der Waals surface area (Å²) < 4.78 is 5.17. The van der Waals surface area contributed by atoms with Crippen LogP contribution in [0.1, 0.15) is 34.3 Å². The van der Waals surface area contributed by atoms with Crippen molar-refractivity contribution in [3.05, 3.63) is 65.2 Å². The molecule has 3 N–H and O–H groups in total. The highest BCUT2D eigenvalue weighted by molar-refractivity contribution is 6.24. The Morgan fingerprint density at radius 3 is 2.19 bits per heavy atom. The number of carbonyl (C=O) groups excluding carboxylic acids is 2. The van der Waals surface area contributed by atoms with Crippen LogP contribution in [0.3, 0.4) is 0 Å². The van der Waals surface area contributed by atoms with Crippen molar-refractivity contribution in [2.24, 2.45) is 0 Å². The molecule has 1 aliphatic carbocycles. The second-order valence-corrected chi connectivity index (χ2v) is 6.10. The van der Waals surface area contributed by atoms with Gasteiger partial charge in [-0.05, 0) is 54.3 Å². The summed E-state index contributed by atoms with van der Waals surface area (Å²) in [6, 6.07) is 14.2. The van der Waals surface area contributed by atoms with Crippen molar-refractivity contribution >= 4 is 23.5 Å². The number of hydrogen-bond donors (Lipinski definition) is 3. The van der Waals surface area contributed by atoms with Gasteiger partial charge in [0.15, 0.2) is 0 Å². The number of hydrogen-bond acceptors (Lipinski definition) is 4. The molecule has 6 heteroatoms. The molecule has 0 heterocycles. The van der Waals surface area contributed by atoms with E-state index in [2.05, 4.69) is 5.32 Å². The van der Waals surface area contributed by atoms with Crippen LogP contribution < -0.4 is 15.5 Å². The van der Waals surface area contributed by atoms with E-state index in [0.29, 0.717) is 11.1 Å². The Balaban J connectivity index is 1.91. The molecule has 0 unspecified atom stereocenters. The summed E-state index contributed by atoms with van der Waals surface area (Å²) in [6.45, 7) is 0. The predicted molar refractivity (Wildman–Crippen MR) is 97.7 cm³/mol. The van der Waals surface area contributed by atoms with Crippen LogP contribution in [-0.2, 0) is 4.79 Å². The normalized spacial score (nSPS) is 13.8. The molecule has 0 bridgehead atoms. The van der Waals surface area contributed by atoms with Gasteiger partial charge in [0.25, 0.3) is 11.8 Å². The minimum atomic E-state index is -0.581. The van der Waals surface area contributed by atoms with E-state index in [1.807, 2.05) is 24.3 Å². The lowest BCUT2D eigenvalue weighted by molar-refractivity contribution is -0.115. The second kappa shape index (κ2) is 7.84. The highest BCUT2D eigenvalue weighted by Crippen LogP contribution is 2.25. The Morgan fingerprint density at radius 1 is 1.04 bits per heavy atom. The van der Waals surface area contributed by atoms with Crippen LogP contribution in [0.15, 0.2) is 48.5 Å². The SMILES string of the molecule is COc1ccc(C(=Cc2ccc(C(=O)NO)cc2)C(=O)NC2CC2)cc1.